The predicted octanol–water partition coefficient (Wildman–Crippen LogP) is 2.06. The zero-order valence-electron chi connectivity index (χ0n) is 11.7. The largest absolute Gasteiger partial charge is 0.496 e. The second-order valence-corrected chi connectivity index (χ2v) is 5.68. The minimum absolute atomic E-state index is 0.0747. The molecule has 5 nitrogen and oxygen atoms in total. The lowest BCUT2D eigenvalue weighted by Gasteiger charge is -2.31. The van der Waals surface area contributed by atoms with Gasteiger partial charge in [-0.1, -0.05) is 6.07 Å². The van der Waals surface area contributed by atoms with Crippen molar-refractivity contribution in [3.8, 4) is 5.75 Å². The number of carbonyl (C=O) groups is 2. The summed E-state index contributed by atoms with van der Waals surface area (Å²) in [6.07, 6.45) is 1.55. The van der Waals surface area contributed by atoms with E-state index in [1.54, 1.807) is 45.5 Å². The predicted molar refractivity (Wildman–Crippen MR) is 86.8 cm³/mol. The smallest absolute Gasteiger partial charge is 0.265 e. The van der Waals surface area contributed by atoms with E-state index >= 15 is 0 Å². The molecule has 1 saturated heterocycles. The van der Waals surface area contributed by atoms with Crippen molar-refractivity contribution in [2.24, 2.45) is 0 Å². The molecule has 2 rings (SSSR count). The number of methoxy groups -OCH3 is 1. The first-order valence-electron chi connectivity index (χ1n) is 6.02. The minimum Gasteiger partial charge on any atom is -0.496 e. The van der Waals surface area contributed by atoms with E-state index in [-0.39, 0.29) is 10.7 Å². The number of ether oxygens (including phenoxy) is 1. The van der Waals surface area contributed by atoms with Crippen molar-refractivity contribution in [1.82, 2.24) is 9.80 Å². The summed E-state index contributed by atoms with van der Waals surface area (Å²) in [5, 5.41) is 0.193. The summed E-state index contributed by atoms with van der Waals surface area (Å²) in [4.78, 5) is 26.9. The lowest BCUT2D eigenvalue weighted by atomic mass is 10.1. The van der Waals surface area contributed by atoms with Crippen LogP contribution in [-0.4, -0.2) is 47.9 Å². The van der Waals surface area contributed by atoms with Crippen molar-refractivity contribution in [2.75, 3.05) is 21.2 Å². The van der Waals surface area contributed by atoms with Crippen LogP contribution in [0.2, 0.25) is 0 Å². The first kappa shape index (κ1) is 15.7. The van der Waals surface area contributed by atoms with Gasteiger partial charge in [-0.15, -0.1) is 0 Å². The number of thiocarbonyl (C=S) groups is 1. The molecule has 1 aliphatic heterocycles. The normalized spacial score (nSPS) is 15.6. The Balaban J connectivity index is 2.44. The Hall–Kier alpha value is -1.73. The first-order valence-corrected chi connectivity index (χ1v) is 7.22. The lowest BCUT2D eigenvalue weighted by Crippen LogP contribution is -2.52. The molecular weight excluding hydrogens is 356 g/mol. The van der Waals surface area contributed by atoms with Gasteiger partial charge >= 0.3 is 0 Å². The van der Waals surface area contributed by atoms with E-state index in [2.05, 4.69) is 15.9 Å². The minimum atomic E-state index is -0.407. The van der Waals surface area contributed by atoms with Crippen molar-refractivity contribution >= 4 is 51.2 Å². The molecule has 0 aromatic heterocycles. The molecule has 0 N–H and O–H groups in total. The number of hydrogen-bond acceptors (Lipinski definition) is 4. The summed E-state index contributed by atoms with van der Waals surface area (Å²) in [5.74, 6) is -0.140. The van der Waals surface area contributed by atoms with E-state index in [9.17, 15) is 9.59 Å². The Labute approximate surface area is 136 Å². The number of likely N-dealkylation sites (N-methyl/N-ethyl adjacent to an activating group) is 2. The lowest BCUT2D eigenvalue weighted by molar-refractivity contribution is -0.132. The maximum absolute atomic E-state index is 12.2. The average molecular weight is 369 g/mol. The van der Waals surface area contributed by atoms with Gasteiger partial charge in [-0.3, -0.25) is 19.4 Å². The molecule has 0 bridgehead atoms. The highest BCUT2D eigenvalue weighted by atomic mass is 79.9. The van der Waals surface area contributed by atoms with Crippen molar-refractivity contribution < 1.29 is 14.3 Å². The fourth-order valence-corrected chi connectivity index (χ4v) is 2.64. The van der Waals surface area contributed by atoms with Crippen LogP contribution in [0, 0.1) is 0 Å². The van der Waals surface area contributed by atoms with Gasteiger partial charge in [0, 0.05) is 14.1 Å². The molecule has 2 amide bonds. The average Bonchev–Trinajstić information content (AvgIpc) is 2.48. The second kappa shape index (κ2) is 5.95. The van der Waals surface area contributed by atoms with Gasteiger partial charge < -0.3 is 4.74 Å². The van der Waals surface area contributed by atoms with Crippen LogP contribution >= 0.6 is 28.1 Å². The van der Waals surface area contributed by atoms with Gasteiger partial charge in [-0.25, -0.2) is 0 Å². The van der Waals surface area contributed by atoms with E-state index in [0.29, 0.717) is 11.3 Å². The van der Waals surface area contributed by atoms with E-state index in [0.717, 1.165) is 4.47 Å². The summed E-state index contributed by atoms with van der Waals surface area (Å²) < 4.78 is 5.89. The third-order valence-electron chi connectivity index (χ3n) is 3.13. The number of amides is 2. The fraction of sp³-hybridized carbons (Fsp3) is 0.214. The molecule has 1 aromatic carbocycles. The van der Waals surface area contributed by atoms with Crippen LogP contribution in [0.1, 0.15) is 5.56 Å². The Morgan fingerprint density at radius 3 is 2.24 bits per heavy atom. The molecule has 0 unspecified atom stereocenters. The van der Waals surface area contributed by atoms with Gasteiger partial charge in [0.15, 0.2) is 5.11 Å². The molecule has 110 valence electrons. The Morgan fingerprint density at radius 1 is 1.19 bits per heavy atom. The molecule has 0 spiro atoms. The summed E-state index contributed by atoms with van der Waals surface area (Å²) in [5.41, 5.74) is 0.791. The highest BCUT2D eigenvalue weighted by Crippen LogP contribution is 2.27. The molecule has 1 heterocycles. The summed E-state index contributed by atoms with van der Waals surface area (Å²) in [7, 11) is 4.66. The fourth-order valence-electron chi connectivity index (χ4n) is 1.91. The molecule has 0 saturated carbocycles. The van der Waals surface area contributed by atoms with Crippen LogP contribution in [0.4, 0.5) is 0 Å². The quantitative estimate of drug-likeness (QED) is 0.455. The Bertz CT molecular complexity index is 646. The van der Waals surface area contributed by atoms with Crippen molar-refractivity contribution in [3.05, 3.63) is 33.8 Å². The molecular formula is C14H13BrN2O3S. The first-order chi connectivity index (χ1) is 9.86. The number of hydrogen-bond donors (Lipinski definition) is 0. The molecule has 7 heteroatoms. The third-order valence-corrected chi connectivity index (χ3v) is 4.30. The van der Waals surface area contributed by atoms with E-state index in [1.807, 2.05) is 0 Å². The van der Waals surface area contributed by atoms with Gasteiger partial charge in [0.25, 0.3) is 11.8 Å². The topological polar surface area (TPSA) is 49.9 Å². The maximum atomic E-state index is 12.2. The van der Waals surface area contributed by atoms with Gasteiger partial charge in [0.2, 0.25) is 0 Å². The maximum Gasteiger partial charge on any atom is 0.265 e. The number of rotatable bonds is 2. The number of halogens is 1. The van der Waals surface area contributed by atoms with Crippen LogP contribution in [-0.2, 0) is 9.59 Å². The molecule has 0 aliphatic carbocycles. The number of benzene rings is 1. The van der Waals surface area contributed by atoms with Gasteiger partial charge in [0.05, 0.1) is 11.6 Å². The van der Waals surface area contributed by atoms with Crippen LogP contribution in [0.3, 0.4) is 0 Å². The van der Waals surface area contributed by atoms with Crippen LogP contribution < -0.4 is 4.74 Å². The molecule has 1 aromatic rings. The van der Waals surface area contributed by atoms with E-state index < -0.39 is 11.8 Å². The van der Waals surface area contributed by atoms with Crippen molar-refractivity contribution in [1.29, 1.82) is 0 Å². The van der Waals surface area contributed by atoms with Crippen LogP contribution in [0.15, 0.2) is 28.2 Å². The zero-order chi connectivity index (χ0) is 15.7. The summed E-state index contributed by atoms with van der Waals surface area (Å²) in [6.45, 7) is 0. The van der Waals surface area contributed by atoms with Crippen molar-refractivity contribution in [2.45, 2.75) is 0 Å². The zero-order valence-corrected chi connectivity index (χ0v) is 14.1. The Kier molecular flexibility index (Phi) is 4.43. The molecule has 0 atom stereocenters. The SMILES string of the molecule is COc1ccc(C=C2C(=O)N(C)C(=S)N(C)C2=O)cc1Br. The number of carbonyl (C=O) groups excluding carboxylic acids is 2. The number of nitrogens with zero attached hydrogens (tertiary/aromatic N) is 2. The molecule has 1 aliphatic rings. The van der Waals surface area contributed by atoms with E-state index in [4.69, 9.17) is 17.0 Å². The summed E-state index contributed by atoms with van der Waals surface area (Å²) in [6, 6.07) is 5.30. The van der Waals surface area contributed by atoms with Crippen LogP contribution in [0.5, 0.6) is 5.75 Å². The standard InChI is InChI=1S/C14H13BrN2O3S/c1-16-12(18)9(13(19)17(2)14(16)21)6-8-4-5-11(20-3)10(15)7-8/h4-7H,1-3H3. The van der Waals surface area contributed by atoms with E-state index in [1.165, 1.54) is 9.80 Å². The molecule has 0 radical (unpaired) electrons. The van der Waals surface area contributed by atoms with Gasteiger partial charge in [-0.2, -0.15) is 0 Å². The highest BCUT2D eigenvalue weighted by Gasteiger charge is 2.35. The second-order valence-electron chi connectivity index (χ2n) is 4.46. The van der Waals surface area contributed by atoms with Crippen molar-refractivity contribution in [3.63, 3.8) is 0 Å². The monoisotopic (exact) mass is 368 g/mol. The van der Waals surface area contributed by atoms with Gasteiger partial charge in [0.1, 0.15) is 11.3 Å². The third kappa shape index (κ3) is 2.84. The molecule has 1 fully saturated rings. The van der Waals surface area contributed by atoms with Crippen LogP contribution in [0.25, 0.3) is 6.08 Å². The highest BCUT2D eigenvalue weighted by molar-refractivity contribution is 9.10. The summed E-state index contributed by atoms with van der Waals surface area (Å²) >= 11 is 8.41. The van der Waals surface area contributed by atoms with Gasteiger partial charge in [-0.05, 0) is 51.9 Å². The molecule has 21 heavy (non-hydrogen) atoms. The Morgan fingerprint density at radius 2 is 1.76 bits per heavy atom.